The molecule has 1 amide bonds. The zero-order valence-corrected chi connectivity index (χ0v) is 18.8. The zero-order valence-electron chi connectivity index (χ0n) is 18.0. The smallest absolute Gasteiger partial charge is 0.238 e. The minimum atomic E-state index is -0.0400. The van der Waals surface area contributed by atoms with E-state index in [4.69, 9.17) is 0 Å². The molecular weight excluding hydrogens is 404 g/mol. The molecule has 1 aliphatic rings. The topological polar surface area (TPSA) is 47.6 Å². The van der Waals surface area contributed by atoms with E-state index in [1.165, 1.54) is 10.6 Å². The van der Waals surface area contributed by atoms with Gasteiger partial charge in [-0.25, -0.2) is 0 Å². The van der Waals surface area contributed by atoms with Crippen molar-refractivity contribution < 1.29 is 4.79 Å². The number of likely N-dealkylation sites (N-methyl/N-ethyl adjacent to an activating group) is 1. The Kier molecular flexibility index (Phi) is 7.35. The first-order valence-electron chi connectivity index (χ1n) is 10.9. The van der Waals surface area contributed by atoms with Crippen molar-refractivity contribution in [3.8, 4) is 0 Å². The minimum Gasteiger partial charge on any atom is -0.369 e. The van der Waals surface area contributed by atoms with Crippen LogP contribution in [-0.4, -0.2) is 50.1 Å². The highest BCUT2D eigenvalue weighted by Gasteiger charge is 2.17. The van der Waals surface area contributed by atoms with Crippen molar-refractivity contribution in [2.45, 2.75) is 13.0 Å². The molecule has 31 heavy (non-hydrogen) atoms. The summed E-state index contributed by atoms with van der Waals surface area (Å²) < 4.78 is 0. The minimum absolute atomic E-state index is 0.0103. The molecule has 6 heteroatoms. The number of piperazine rings is 1. The molecule has 5 nitrogen and oxygen atoms in total. The van der Waals surface area contributed by atoms with Gasteiger partial charge in [-0.2, -0.15) is 0 Å². The van der Waals surface area contributed by atoms with E-state index >= 15 is 0 Å². The number of rotatable bonds is 8. The first-order valence-corrected chi connectivity index (χ1v) is 11.8. The fourth-order valence-electron chi connectivity index (χ4n) is 3.96. The van der Waals surface area contributed by atoms with Crippen molar-refractivity contribution >= 4 is 28.6 Å². The molecule has 0 unspecified atom stereocenters. The van der Waals surface area contributed by atoms with Crippen LogP contribution in [0.5, 0.6) is 0 Å². The second kappa shape index (κ2) is 10.6. The molecule has 2 heterocycles. The van der Waals surface area contributed by atoms with E-state index in [9.17, 15) is 4.79 Å². The first-order chi connectivity index (χ1) is 15.2. The van der Waals surface area contributed by atoms with E-state index in [1.807, 2.05) is 36.4 Å². The Bertz CT molecular complexity index is 935. The van der Waals surface area contributed by atoms with Crippen LogP contribution in [-0.2, 0) is 4.79 Å². The van der Waals surface area contributed by atoms with Crippen molar-refractivity contribution in [2.75, 3.05) is 49.5 Å². The Morgan fingerprint density at radius 1 is 0.968 bits per heavy atom. The molecule has 2 N–H and O–H groups in total. The molecule has 1 saturated heterocycles. The van der Waals surface area contributed by atoms with E-state index in [2.05, 4.69) is 63.1 Å². The van der Waals surface area contributed by atoms with Gasteiger partial charge in [0.2, 0.25) is 5.91 Å². The third kappa shape index (κ3) is 5.73. The lowest BCUT2D eigenvalue weighted by Crippen LogP contribution is -2.46. The predicted octanol–water partition coefficient (Wildman–Crippen LogP) is 4.21. The number of nitrogens with zero attached hydrogens (tertiary/aromatic N) is 2. The van der Waals surface area contributed by atoms with Gasteiger partial charge >= 0.3 is 0 Å². The van der Waals surface area contributed by atoms with E-state index in [-0.39, 0.29) is 18.5 Å². The normalized spacial score (nSPS) is 15.6. The summed E-state index contributed by atoms with van der Waals surface area (Å²) in [6.07, 6.45) is 0. The van der Waals surface area contributed by atoms with Crippen molar-refractivity contribution in [2.24, 2.45) is 0 Å². The maximum atomic E-state index is 12.6. The second-order valence-corrected chi connectivity index (χ2v) is 8.74. The summed E-state index contributed by atoms with van der Waals surface area (Å²) in [5.41, 5.74) is 3.20. The highest BCUT2D eigenvalue weighted by atomic mass is 32.1. The summed E-state index contributed by atoms with van der Waals surface area (Å²) in [6, 6.07) is 22.6. The van der Waals surface area contributed by atoms with Gasteiger partial charge in [0, 0.05) is 42.4 Å². The molecule has 0 spiro atoms. The third-order valence-electron chi connectivity index (χ3n) is 5.76. The molecule has 4 rings (SSSR count). The van der Waals surface area contributed by atoms with Crippen LogP contribution < -0.4 is 15.5 Å². The summed E-state index contributed by atoms with van der Waals surface area (Å²) >= 11 is 1.70. The van der Waals surface area contributed by atoms with Crippen molar-refractivity contribution in [3.05, 3.63) is 82.6 Å². The third-order valence-corrected chi connectivity index (χ3v) is 6.70. The van der Waals surface area contributed by atoms with Crippen molar-refractivity contribution in [1.82, 2.24) is 10.2 Å². The lowest BCUT2D eigenvalue weighted by Gasteiger charge is -2.35. The van der Waals surface area contributed by atoms with Crippen LogP contribution >= 0.6 is 11.3 Å². The van der Waals surface area contributed by atoms with Gasteiger partial charge in [-0.05, 0) is 47.8 Å². The highest BCUT2D eigenvalue weighted by Crippen LogP contribution is 2.26. The molecule has 0 aliphatic carbocycles. The Morgan fingerprint density at radius 3 is 2.35 bits per heavy atom. The van der Waals surface area contributed by atoms with Crippen LogP contribution in [0.1, 0.15) is 23.4 Å². The van der Waals surface area contributed by atoms with Gasteiger partial charge in [-0.15, -0.1) is 11.3 Å². The number of hydrogen-bond acceptors (Lipinski definition) is 5. The Balaban J connectivity index is 1.32. The number of amides is 1. The maximum Gasteiger partial charge on any atom is 0.238 e. The molecule has 0 bridgehead atoms. The predicted molar refractivity (Wildman–Crippen MR) is 130 cm³/mol. The van der Waals surface area contributed by atoms with Crippen molar-refractivity contribution in [3.63, 3.8) is 0 Å². The van der Waals surface area contributed by atoms with Crippen LogP contribution in [0.15, 0.2) is 72.1 Å². The molecule has 1 atom stereocenters. The number of carbonyl (C=O) groups is 1. The molecule has 162 valence electrons. The standard InChI is InChI=1S/C25H30N4OS/c1-2-28-14-16-29(17-15-28)22-12-10-21(11-13-22)27-24(30)19-26-25(23-9-6-18-31-23)20-7-4-3-5-8-20/h3-13,18,25-26H,2,14-17,19H2,1H3,(H,27,30)/t25-/m0/s1. The molecule has 1 aromatic heterocycles. The Hall–Kier alpha value is -2.67. The monoisotopic (exact) mass is 434 g/mol. The largest absolute Gasteiger partial charge is 0.369 e. The summed E-state index contributed by atoms with van der Waals surface area (Å²) in [4.78, 5) is 18.7. The number of hydrogen-bond donors (Lipinski definition) is 2. The summed E-state index contributed by atoms with van der Waals surface area (Å²) in [6.45, 7) is 7.88. The molecule has 3 aromatic rings. The number of thiophene rings is 1. The summed E-state index contributed by atoms with van der Waals surface area (Å²) in [7, 11) is 0. The fraction of sp³-hybridized carbons (Fsp3) is 0.320. The van der Waals surface area contributed by atoms with Gasteiger partial charge in [0.15, 0.2) is 0 Å². The molecule has 1 fully saturated rings. The van der Waals surface area contributed by atoms with E-state index < -0.39 is 0 Å². The van der Waals surface area contributed by atoms with Crippen LogP contribution in [0.2, 0.25) is 0 Å². The molecule has 1 aliphatic heterocycles. The van der Waals surface area contributed by atoms with Crippen LogP contribution in [0.3, 0.4) is 0 Å². The van der Waals surface area contributed by atoms with E-state index in [1.54, 1.807) is 11.3 Å². The van der Waals surface area contributed by atoms with Gasteiger partial charge in [0.05, 0.1) is 12.6 Å². The molecule has 0 radical (unpaired) electrons. The van der Waals surface area contributed by atoms with Crippen molar-refractivity contribution in [1.29, 1.82) is 0 Å². The van der Waals surface area contributed by atoms with Gasteiger partial charge in [0.25, 0.3) is 0 Å². The number of carbonyl (C=O) groups excluding carboxylic acids is 1. The van der Waals surface area contributed by atoms with Gasteiger partial charge in [-0.1, -0.05) is 43.3 Å². The van der Waals surface area contributed by atoms with Gasteiger partial charge in [0.1, 0.15) is 0 Å². The second-order valence-electron chi connectivity index (χ2n) is 7.76. The number of benzene rings is 2. The lowest BCUT2D eigenvalue weighted by atomic mass is 10.1. The van der Waals surface area contributed by atoms with Crippen LogP contribution in [0.4, 0.5) is 11.4 Å². The number of anilines is 2. The molecule has 2 aromatic carbocycles. The van der Waals surface area contributed by atoms with Gasteiger partial charge in [-0.3, -0.25) is 10.1 Å². The average Bonchev–Trinajstić information content (AvgIpc) is 3.35. The summed E-state index contributed by atoms with van der Waals surface area (Å²) in [5, 5.41) is 8.50. The molecule has 0 saturated carbocycles. The van der Waals surface area contributed by atoms with Crippen LogP contribution in [0.25, 0.3) is 0 Å². The average molecular weight is 435 g/mol. The zero-order chi connectivity index (χ0) is 21.5. The Morgan fingerprint density at radius 2 is 1.71 bits per heavy atom. The highest BCUT2D eigenvalue weighted by molar-refractivity contribution is 7.10. The maximum absolute atomic E-state index is 12.6. The van der Waals surface area contributed by atoms with Crippen LogP contribution in [0, 0.1) is 0 Å². The summed E-state index contributed by atoms with van der Waals surface area (Å²) in [5.74, 6) is -0.0400. The number of nitrogens with one attached hydrogen (secondary N) is 2. The SMILES string of the molecule is CCN1CCN(c2ccc(NC(=O)CN[C@@H](c3ccccc3)c3cccs3)cc2)CC1. The van der Waals surface area contributed by atoms with Gasteiger partial charge < -0.3 is 15.1 Å². The lowest BCUT2D eigenvalue weighted by molar-refractivity contribution is -0.115. The fourth-order valence-corrected chi connectivity index (χ4v) is 4.79. The van der Waals surface area contributed by atoms with E-state index in [0.29, 0.717) is 0 Å². The quantitative estimate of drug-likeness (QED) is 0.558. The Labute approximate surface area is 188 Å². The first kappa shape index (κ1) is 21.6. The molecular formula is C25H30N4OS. The van der Waals surface area contributed by atoms with E-state index in [0.717, 1.165) is 44.0 Å².